The predicted molar refractivity (Wildman–Crippen MR) is 78.9 cm³/mol. The molecule has 17 heavy (non-hydrogen) atoms. The minimum atomic E-state index is 0.442. The molecular formula is C12H14Br2ClNO. The first kappa shape index (κ1) is 13.7. The maximum absolute atomic E-state index is 5.99. The summed E-state index contributed by atoms with van der Waals surface area (Å²) in [6, 6.07) is 4.25. The van der Waals surface area contributed by atoms with Crippen molar-refractivity contribution in [2.45, 2.75) is 19.4 Å². The van der Waals surface area contributed by atoms with Crippen LogP contribution >= 0.6 is 43.5 Å². The fourth-order valence-corrected chi connectivity index (χ4v) is 3.86. The number of halogens is 3. The second kappa shape index (κ2) is 5.91. The number of ether oxygens (including phenoxy) is 1. The van der Waals surface area contributed by atoms with Crippen molar-refractivity contribution in [2.24, 2.45) is 5.92 Å². The molecule has 0 saturated carbocycles. The quantitative estimate of drug-likeness (QED) is 0.799. The SMILES string of the molecule is CC1COCCC1Nc1c(Br)cc(Cl)cc1Br. The van der Waals surface area contributed by atoms with Gasteiger partial charge in [0, 0.05) is 26.6 Å². The fraction of sp³-hybridized carbons (Fsp3) is 0.500. The fourth-order valence-electron chi connectivity index (χ4n) is 1.96. The van der Waals surface area contributed by atoms with Crippen LogP contribution in [0.3, 0.4) is 0 Å². The van der Waals surface area contributed by atoms with E-state index in [9.17, 15) is 0 Å². The van der Waals surface area contributed by atoms with Crippen molar-refractivity contribution in [1.29, 1.82) is 0 Å². The van der Waals surface area contributed by atoms with E-state index < -0.39 is 0 Å². The normalized spacial score (nSPS) is 24.7. The lowest BCUT2D eigenvalue weighted by molar-refractivity contribution is 0.0537. The van der Waals surface area contributed by atoms with Crippen LogP contribution in [0.4, 0.5) is 5.69 Å². The van der Waals surface area contributed by atoms with Crippen molar-refractivity contribution >= 4 is 49.1 Å². The number of rotatable bonds is 2. The van der Waals surface area contributed by atoms with Gasteiger partial charge in [0.05, 0.1) is 12.3 Å². The number of nitrogens with one attached hydrogen (secondary N) is 1. The summed E-state index contributed by atoms with van der Waals surface area (Å²) in [5, 5.41) is 4.28. The van der Waals surface area contributed by atoms with Gasteiger partial charge in [-0.2, -0.15) is 0 Å². The zero-order valence-electron chi connectivity index (χ0n) is 9.47. The van der Waals surface area contributed by atoms with Crippen LogP contribution in [0.2, 0.25) is 5.02 Å². The molecule has 0 spiro atoms. The van der Waals surface area contributed by atoms with Gasteiger partial charge in [0.25, 0.3) is 0 Å². The Labute approximate surface area is 123 Å². The summed E-state index contributed by atoms with van der Waals surface area (Å²) in [7, 11) is 0. The summed E-state index contributed by atoms with van der Waals surface area (Å²) in [4.78, 5) is 0. The number of hydrogen-bond acceptors (Lipinski definition) is 2. The van der Waals surface area contributed by atoms with Gasteiger partial charge in [-0.3, -0.25) is 0 Å². The lowest BCUT2D eigenvalue weighted by Crippen LogP contribution is -2.36. The van der Waals surface area contributed by atoms with Crippen LogP contribution in [0.5, 0.6) is 0 Å². The molecule has 0 aromatic heterocycles. The first-order valence-corrected chi connectivity index (χ1v) is 7.53. The average Bonchev–Trinajstić information content (AvgIpc) is 2.25. The van der Waals surface area contributed by atoms with Crippen LogP contribution in [-0.4, -0.2) is 19.3 Å². The van der Waals surface area contributed by atoms with Crippen molar-refractivity contribution in [2.75, 3.05) is 18.5 Å². The molecule has 1 aromatic rings. The van der Waals surface area contributed by atoms with Crippen LogP contribution in [0.25, 0.3) is 0 Å². The molecule has 1 aliphatic heterocycles. The van der Waals surface area contributed by atoms with E-state index in [1.807, 2.05) is 12.1 Å². The highest BCUT2D eigenvalue weighted by molar-refractivity contribution is 9.11. The molecule has 0 amide bonds. The van der Waals surface area contributed by atoms with Gasteiger partial charge in [-0.25, -0.2) is 0 Å². The molecule has 2 nitrogen and oxygen atoms in total. The molecule has 1 N–H and O–H groups in total. The third kappa shape index (κ3) is 3.37. The van der Waals surface area contributed by atoms with E-state index in [0.717, 1.165) is 34.3 Å². The highest BCUT2D eigenvalue weighted by Gasteiger charge is 2.23. The summed E-state index contributed by atoms with van der Waals surface area (Å²) < 4.78 is 7.41. The molecule has 1 heterocycles. The minimum Gasteiger partial charge on any atom is -0.381 e. The molecule has 0 aliphatic carbocycles. The standard InChI is InChI=1S/C12H14Br2ClNO/c1-7-6-17-3-2-11(7)16-12-9(13)4-8(15)5-10(12)14/h4-5,7,11,16H,2-3,6H2,1H3. The third-order valence-corrected chi connectivity index (χ3v) is 4.45. The molecule has 0 bridgehead atoms. The first-order chi connectivity index (χ1) is 8.08. The molecule has 2 unspecified atom stereocenters. The van der Waals surface area contributed by atoms with Gasteiger partial charge >= 0.3 is 0 Å². The van der Waals surface area contributed by atoms with E-state index in [1.165, 1.54) is 0 Å². The van der Waals surface area contributed by atoms with Gasteiger partial charge in [0.15, 0.2) is 0 Å². The Morgan fingerprint density at radius 3 is 2.59 bits per heavy atom. The molecular weight excluding hydrogens is 369 g/mol. The Morgan fingerprint density at radius 1 is 1.35 bits per heavy atom. The van der Waals surface area contributed by atoms with E-state index in [4.69, 9.17) is 16.3 Å². The molecule has 2 rings (SSSR count). The van der Waals surface area contributed by atoms with E-state index in [1.54, 1.807) is 0 Å². The Kier molecular flexibility index (Phi) is 4.75. The van der Waals surface area contributed by atoms with E-state index in [2.05, 4.69) is 44.1 Å². The molecule has 1 aliphatic rings. The van der Waals surface area contributed by atoms with Gasteiger partial charge in [-0.1, -0.05) is 18.5 Å². The molecule has 94 valence electrons. The second-order valence-corrected chi connectivity index (χ2v) is 6.48. The van der Waals surface area contributed by atoms with Crippen molar-refractivity contribution in [1.82, 2.24) is 0 Å². The second-order valence-electron chi connectivity index (χ2n) is 4.34. The number of hydrogen-bond donors (Lipinski definition) is 1. The monoisotopic (exact) mass is 381 g/mol. The third-order valence-electron chi connectivity index (χ3n) is 2.98. The summed E-state index contributed by atoms with van der Waals surface area (Å²) >= 11 is 13.1. The van der Waals surface area contributed by atoms with E-state index in [-0.39, 0.29) is 0 Å². The van der Waals surface area contributed by atoms with Crippen molar-refractivity contribution < 1.29 is 4.74 Å². The molecule has 0 radical (unpaired) electrons. The van der Waals surface area contributed by atoms with Crippen LogP contribution in [0.15, 0.2) is 21.1 Å². The van der Waals surface area contributed by atoms with Gasteiger partial charge in [0.1, 0.15) is 0 Å². The molecule has 5 heteroatoms. The molecule has 2 atom stereocenters. The smallest absolute Gasteiger partial charge is 0.0632 e. The zero-order chi connectivity index (χ0) is 12.4. The zero-order valence-corrected chi connectivity index (χ0v) is 13.4. The van der Waals surface area contributed by atoms with Gasteiger partial charge < -0.3 is 10.1 Å². The van der Waals surface area contributed by atoms with Crippen LogP contribution in [0, 0.1) is 5.92 Å². The largest absolute Gasteiger partial charge is 0.381 e. The summed E-state index contributed by atoms with van der Waals surface area (Å²) in [5.41, 5.74) is 1.06. The Balaban J connectivity index is 2.17. The van der Waals surface area contributed by atoms with Crippen LogP contribution in [-0.2, 0) is 4.74 Å². The lowest BCUT2D eigenvalue weighted by atomic mass is 9.97. The Bertz CT molecular complexity index is 390. The summed E-state index contributed by atoms with van der Waals surface area (Å²) in [5.74, 6) is 0.512. The van der Waals surface area contributed by atoms with Crippen molar-refractivity contribution in [3.05, 3.63) is 26.1 Å². The predicted octanol–water partition coefficient (Wildman–Crippen LogP) is 4.70. The Morgan fingerprint density at radius 2 is 2.00 bits per heavy atom. The number of anilines is 1. The van der Waals surface area contributed by atoms with Crippen molar-refractivity contribution in [3.63, 3.8) is 0 Å². The van der Waals surface area contributed by atoms with Gasteiger partial charge in [0.2, 0.25) is 0 Å². The average molecular weight is 384 g/mol. The van der Waals surface area contributed by atoms with E-state index in [0.29, 0.717) is 17.0 Å². The summed E-state index contributed by atoms with van der Waals surface area (Å²) in [6.07, 6.45) is 1.03. The summed E-state index contributed by atoms with van der Waals surface area (Å²) in [6.45, 7) is 3.85. The van der Waals surface area contributed by atoms with Gasteiger partial charge in [-0.15, -0.1) is 0 Å². The molecule has 1 fully saturated rings. The minimum absolute atomic E-state index is 0.442. The Hall–Kier alpha value is 0.230. The lowest BCUT2D eigenvalue weighted by Gasteiger charge is -2.31. The molecule has 1 aromatic carbocycles. The first-order valence-electron chi connectivity index (χ1n) is 5.56. The van der Waals surface area contributed by atoms with E-state index >= 15 is 0 Å². The van der Waals surface area contributed by atoms with Crippen LogP contribution < -0.4 is 5.32 Å². The molecule has 1 saturated heterocycles. The number of benzene rings is 1. The van der Waals surface area contributed by atoms with Crippen LogP contribution in [0.1, 0.15) is 13.3 Å². The van der Waals surface area contributed by atoms with Crippen molar-refractivity contribution in [3.8, 4) is 0 Å². The topological polar surface area (TPSA) is 21.3 Å². The highest BCUT2D eigenvalue weighted by Crippen LogP contribution is 2.35. The maximum Gasteiger partial charge on any atom is 0.0632 e. The van der Waals surface area contributed by atoms with Gasteiger partial charge in [-0.05, 0) is 56.3 Å². The highest BCUT2D eigenvalue weighted by atomic mass is 79.9. The maximum atomic E-state index is 5.99.